The molecule has 106 valence electrons. The van der Waals surface area contributed by atoms with Gasteiger partial charge in [-0.3, -0.25) is 4.79 Å². The molecule has 1 fully saturated rings. The van der Waals surface area contributed by atoms with Gasteiger partial charge in [0, 0.05) is 19.1 Å². The molecule has 0 atom stereocenters. The summed E-state index contributed by atoms with van der Waals surface area (Å²) in [5.41, 5.74) is 1.69. The molecule has 0 unspecified atom stereocenters. The van der Waals surface area contributed by atoms with Crippen LogP contribution in [0.25, 0.3) is 0 Å². The number of nitrogens with zero attached hydrogens (tertiary/aromatic N) is 1. The van der Waals surface area contributed by atoms with Crippen molar-refractivity contribution in [2.24, 2.45) is 0 Å². The zero-order valence-electron chi connectivity index (χ0n) is 11.6. The third-order valence-corrected chi connectivity index (χ3v) is 3.66. The van der Waals surface area contributed by atoms with E-state index in [0.717, 1.165) is 12.1 Å². The highest BCUT2D eigenvalue weighted by molar-refractivity contribution is 5.97. The van der Waals surface area contributed by atoms with E-state index in [4.69, 9.17) is 4.74 Å². The van der Waals surface area contributed by atoms with Crippen molar-refractivity contribution < 1.29 is 9.53 Å². The number of fused-ring (bicyclic) bond motifs is 1. The Hall–Kier alpha value is -1.81. The summed E-state index contributed by atoms with van der Waals surface area (Å²) in [5, 5.41) is 3.43. The minimum absolute atomic E-state index is 0.0330. The average molecular weight is 272 g/mol. The fourth-order valence-electron chi connectivity index (χ4n) is 2.36. The number of amides is 1. The maximum Gasteiger partial charge on any atom is 0.258 e. The lowest BCUT2D eigenvalue weighted by Crippen LogP contribution is -2.36. The monoisotopic (exact) mass is 272 g/mol. The van der Waals surface area contributed by atoms with Gasteiger partial charge >= 0.3 is 0 Å². The first-order chi connectivity index (χ1) is 9.74. The Morgan fingerprint density at radius 3 is 3.00 bits per heavy atom. The van der Waals surface area contributed by atoms with Crippen LogP contribution in [0, 0.1) is 0 Å². The molecule has 1 heterocycles. The molecule has 0 aromatic heterocycles. The van der Waals surface area contributed by atoms with Gasteiger partial charge in [-0.2, -0.15) is 0 Å². The zero-order valence-corrected chi connectivity index (χ0v) is 11.6. The molecule has 1 amide bonds. The Labute approximate surface area is 119 Å². The first-order valence-corrected chi connectivity index (χ1v) is 7.15. The Balaban J connectivity index is 1.64. The average Bonchev–Trinajstić information content (AvgIpc) is 3.28. The molecule has 0 spiro atoms. The molecule has 4 heteroatoms. The molecule has 1 saturated carbocycles. The van der Waals surface area contributed by atoms with Gasteiger partial charge in [0.25, 0.3) is 5.91 Å². The van der Waals surface area contributed by atoms with Gasteiger partial charge < -0.3 is 15.0 Å². The van der Waals surface area contributed by atoms with E-state index in [9.17, 15) is 4.79 Å². The second kappa shape index (κ2) is 5.67. The molecule has 1 aliphatic carbocycles. The summed E-state index contributed by atoms with van der Waals surface area (Å²) >= 11 is 0. The van der Waals surface area contributed by atoms with Crippen molar-refractivity contribution in [3.8, 4) is 5.75 Å². The molecule has 0 bridgehead atoms. The van der Waals surface area contributed by atoms with Crippen molar-refractivity contribution in [3.63, 3.8) is 0 Å². The SMILES string of the molecule is C=C(CNC1CC1)CN1CCOc2ccccc2C1=O. The normalized spacial score (nSPS) is 18.2. The van der Waals surface area contributed by atoms with Crippen LogP contribution in [0.5, 0.6) is 5.75 Å². The summed E-state index contributed by atoms with van der Waals surface area (Å²) in [5.74, 6) is 0.715. The number of benzene rings is 1. The highest BCUT2D eigenvalue weighted by Crippen LogP contribution is 2.23. The predicted octanol–water partition coefficient (Wildman–Crippen LogP) is 1.83. The first-order valence-electron chi connectivity index (χ1n) is 7.15. The molecule has 0 radical (unpaired) electrons. The smallest absolute Gasteiger partial charge is 0.258 e. The molecular formula is C16H20N2O2. The summed E-state index contributed by atoms with van der Waals surface area (Å²) in [6.07, 6.45) is 2.52. The number of nitrogens with one attached hydrogen (secondary N) is 1. The highest BCUT2D eigenvalue weighted by Gasteiger charge is 2.24. The maximum atomic E-state index is 12.5. The number of ether oxygens (including phenoxy) is 1. The Kier molecular flexibility index (Phi) is 3.74. The Morgan fingerprint density at radius 2 is 2.20 bits per heavy atom. The molecule has 1 aromatic carbocycles. The number of rotatable bonds is 5. The fraction of sp³-hybridized carbons (Fsp3) is 0.438. The van der Waals surface area contributed by atoms with E-state index >= 15 is 0 Å². The molecule has 2 aliphatic rings. The zero-order chi connectivity index (χ0) is 13.9. The first kappa shape index (κ1) is 13.2. The van der Waals surface area contributed by atoms with Crippen LogP contribution >= 0.6 is 0 Å². The van der Waals surface area contributed by atoms with Crippen molar-refractivity contribution >= 4 is 5.91 Å². The lowest BCUT2D eigenvalue weighted by atomic mass is 10.1. The van der Waals surface area contributed by atoms with Crippen molar-refractivity contribution in [2.45, 2.75) is 18.9 Å². The van der Waals surface area contributed by atoms with Gasteiger partial charge in [0.2, 0.25) is 0 Å². The highest BCUT2D eigenvalue weighted by atomic mass is 16.5. The van der Waals surface area contributed by atoms with Gasteiger partial charge in [0.15, 0.2) is 0 Å². The second-order valence-corrected chi connectivity index (χ2v) is 5.48. The number of carbonyl (C=O) groups excluding carboxylic acids is 1. The molecule has 1 aliphatic heterocycles. The summed E-state index contributed by atoms with van der Waals surface area (Å²) in [6.45, 7) is 6.60. The lowest BCUT2D eigenvalue weighted by Gasteiger charge is -2.21. The van der Waals surface area contributed by atoms with Gasteiger partial charge in [-0.05, 0) is 30.5 Å². The maximum absolute atomic E-state index is 12.5. The van der Waals surface area contributed by atoms with E-state index in [2.05, 4.69) is 11.9 Å². The van der Waals surface area contributed by atoms with Gasteiger partial charge in [0.1, 0.15) is 12.4 Å². The second-order valence-electron chi connectivity index (χ2n) is 5.48. The van der Waals surface area contributed by atoms with Crippen molar-refractivity contribution in [1.29, 1.82) is 0 Å². The Bertz CT molecular complexity index is 523. The molecule has 1 aromatic rings. The predicted molar refractivity (Wildman–Crippen MR) is 78.0 cm³/mol. The van der Waals surface area contributed by atoms with Crippen molar-refractivity contribution in [1.82, 2.24) is 10.2 Å². The van der Waals surface area contributed by atoms with E-state index in [1.54, 1.807) is 0 Å². The van der Waals surface area contributed by atoms with Crippen LogP contribution in [0.3, 0.4) is 0 Å². The van der Waals surface area contributed by atoms with Crippen LogP contribution in [0.15, 0.2) is 36.4 Å². The van der Waals surface area contributed by atoms with Crippen LogP contribution in [0.2, 0.25) is 0 Å². The summed E-state index contributed by atoms with van der Waals surface area (Å²) in [4.78, 5) is 14.3. The van der Waals surface area contributed by atoms with Crippen LogP contribution in [-0.4, -0.2) is 43.1 Å². The van der Waals surface area contributed by atoms with Gasteiger partial charge in [-0.15, -0.1) is 0 Å². The molecule has 20 heavy (non-hydrogen) atoms. The topological polar surface area (TPSA) is 41.6 Å². The van der Waals surface area contributed by atoms with Crippen LogP contribution in [-0.2, 0) is 0 Å². The number of hydrogen-bond donors (Lipinski definition) is 1. The molecule has 1 N–H and O–H groups in total. The van der Waals surface area contributed by atoms with E-state index in [1.165, 1.54) is 12.8 Å². The van der Waals surface area contributed by atoms with Crippen LogP contribution in [0.4, 0.5) is 0 Å². The van der Waals surface area contributed by atoms with E-state index < -0.39 is 0 Å². The van der Waals surface area contributed by atoms with Gasteiger partial charge in [-0.1, -0.05) is 18.7 Å². The van der Waals surface area contributed by atoms with Gasteiger partial charge in [0.05, 0.1) is 12.1 Å². The largest absolute Gasteiger partial charge is 0.491 e. The minimum atomic E-state index is 0.0330. The van der Waals surface area contributed by atoms with Crippen LogP contribution in [0.1, 0.15) is 23.2 Å². The quantitative estimate of drug-likeness (QED) is 0.831. The third-order valence-electron chi connectivity index (χ3n) is 3.66. The summed E-state index contributed by atoms with van der Waals surface area (Å²) < 4.78 is 5.63. The van der Waals surface area contributed by atoms with E-state index in [1.807, 2.05) is 29.2 Å². The van der Waals surface area contributed by atoms with Crippen molar-refractivity contribution in [2.75, 3.05) is 26.2 Å². The lowest BCUT2D eigenvalue weighted by molar-refractivity contribution is 0.0770. The standard InChI is InChI=1S/C16H20N2O2/c1-12(10-17-13-6-7-13)11-18-8-9-20-15-5-3-2-4-14(15)16(18)19/h2-5,13,17H,1,6-11H2. The van der Waals surface area contributed by atoms with Crippen molar-refractivity contribution in [3.05, 3.63) is 42.0 Å². The molecule has 4 nitrogen and oxygen atoms in total. The summed E-state index contributed by atoms with van der Waals surface area (Å²) in [6, 6.07) is 8.09. The molecular weight excluding hydrogens is 252 g/mol. The third kappa shape index (κ3) is 3.02. The summed E-state index contributed by atoms with van der Waals surface area (Å²) in [7, 11) is 0. The Morgan fingerprint density at radius 1 is 1.40 bits per heavy atom. The fourth-order valence-corrected chi connectivity index (χ4v) is 2.36. The molecule has 3 rings (SSSR count). The number of hydrogen-bond acceptors (Lipinski definition) is 3. The van der Waals surface area contributed by atoms with Gasteiger partial charge in [-0.25, -0.2) is 0 Å². The van der Waals surface area contributed by atoms with Crippen LogP contribution < -0.4 is 10.1 Å². The number of para-hydroxylation sites is 1. The molecule has 0 saturated heterocycles. The number of carbonyl (C=O) groups is 1. The minimum Gasteiger partial charge on any atom is -0.491 e. The van der Waals surface area contributed by atoms with E-state index in [0.29, 0.717) is 37.1 Å². The van der Waals surface area contributed by atoms with E-state index in [-0.39, 0.29) is 5.91 Å².